The topological polar surface area (TPSA) is 0 Å². The lowest BCUT2D eigenvalue weighted by Crippen LogP contribution is -1.75. The second kappa shape index (κ2) is 3.40. The van der Waals surface area contributed by atoms with E-state index < -0.39 is 0 Å². The van der Waals surface area contributed by atoms with Crippen LogP contribution in [0.15, 0.2) is 36.0 Å². The Labute approximate surface area is 62.9 Å². The van der Waals surface area contributed by atoms with E-state index in [1.54, 1.807) is 0 Å². The molecule has 1 saturated carbocycles. The summed E-state index contributed by atoms with van der Waals surface area (Å²) in [4.78, 5) is 0. The largest absolute Gasteiger partial charge is 0.0991 e. The fourth-order valence-electron chi connectivity index (χ4n) is 1.45. The van der Waals surface area contributed by atoms with Crippen molar-refractivity contribution in [3.8, 4) is 0 Å². The van der Waals surface area contributed by atoms with Gasteiger partial charge in [0.25, 0.3) is 0 Å². The Morgan fingerprint density at radius 1 is 1.30 bits per heavy atom. The van der Waals surface area contributed by atoms with Crippen molar-refractivity contribution in [2.75, 3.05) is 0 Å². The molecular weight excluding hydrogens is 120 g/mol. The van der Waals surface area contributed by atoms with Crippen molar-refractivity contribution in [2.45, 2.75) is 26.2 Å². The van der Waals surface area contributed by atoms with Gasteiger partial charge in [0.2, 0.25) is 0 Å². The zero-order chi connectivity index (χ0) is 7.40. The summed E-state index contributed by atoms with van der Waals surface area (Å²) in [5.41, 5.74) is 3.00. The maximum absolute atomic E-state index is 3.69. The Bertz CT molecular complexity index is 182. The summed E-state index contributed by atoms with van der Waals surface area (Å²) in [7, 11) is 0. The molecule has 0 aromatic carbocycles. The van der Waals surface area contributed by atoms with Gasteiger partial charge in [-0.3, -0.25) is 0 Å². The summed E-state index contributed by atoms with van der Waals surface area (Å²) >= 11 is 0. The first kappa shape index (κ1) is 7.33. The molecule has 0 aromatic rings. The second-order valence-electron chi connectivity index (χ2n) is 2.60. The molecule has 0 spiro atoms. The van der Waals surface area contributed by atoms with E-state index >= 15 is 0 Å². The third-order valence-corrected chi connectivity index (χ3v) is 1.97. The highest BCUT2D eigenvalue weighted by Gasteiger charge is 2.10. The first-order valence-electron chi connectivity index (χ1n) is 3.85. The minimum absolute atomic E-state index is 1.24. The van der Waals surface area contributed by atoms with Gasteiger partial charge in [0.15, 0.2) is 0 Å². The van der Waals surface area contributed by atoms with Crippen LogP contribution in [0.5, 0.6) is 0 Å². The first-order chi connectivity index (χ1) is 4.88. The molecule has 0 heterocycles. The molecule has 0 bridgehead atoms. The van der Waals surface area contributed by atoms with Crippen LogP contribution in [0.25, 0.3) is 0 Å². The summed E-state index contributed by atoms with van der Waals surface area (Å²) < 4.78 is 0. The molecule has 1 aliphatic carbocycles. The Kier molecular flexibility index (Phi) is 2.49. The van der Waals surface area contributed by atoms with Crippen LogP contribution in [-0.4, -0.2) is 0 Å². The minimum Gasteiger partial charge on any atom is -0.0991 e. The normalized spacial score (nSPS) is 26.1. The van der Waals surface area contributed by atoms with Gasteiger partial charge >= 0.3 is 0 Å². The predicted molar refractivity (Wildman–Crippen MR) is 45.9 cm³/mol. The highest BCUT2D eigenvalue weighted by Crippen LogP contribution is 2.29. The zero-order valence-corrected chi connectivity index (χ0v) is 6.56. The van der Waals surface area contributed by atoms with Crippen LogP contribution >= 0.6 is 0 Å². The van der Waals surface area contributed by atoms with Crippen LogP contribution in [0.4, 0.5) is 0 Å². The summed E-state index contributed by atoms with van der Waals surface area (Å²) in [6, 6.07) is 0. The summed E-state index contributed by atoms with van der Waals surface area (Å²) in [6.07, 6.45) is 10.0. The predicted octanol–water partition coefficient (Wildman–Crippen LogP) is 3.23. The molecule has 0 aromatic heterocycles. The van der Waals surface area contributed by atoms with Gasteiger partial charge in [-0.2, -0.15) is 0 Å². The standard InChI is InChI=1S/C10H14/c1-3-6-10-8-5-7-9(10)4-2/h3-4,6H,1,5,7-8H2,2H3/b9-4-,10-6-. The van der Waals surface area contributed by atoms with Gasteiger partial charge in [0.05, 0.1) is 0 Å². The van der Waals surface area contributed by atoms with Gasteiger partial charge in [-0.05, 0) is 37.3 Å². The van der Waals surface area contributed by atoms with Gasteiger partial charge in [0.1, 0.15) is 0 Å². The van der Waals surface area contributed by atoms with Gasteiger partial charge in [-0.1, -0.05) is 24.8 Å². The molecule has 54 valence electrons. The molecule has 0 heteroatoms. The van der Waals surface area contributed by atoms with Gasteiger partial charge in [-0.25, -0.2) is 0 Å². The summed E-state index contributed by atoms with van der Waals surface area (Å²) in [5, 5.41) is 0. The molecule has 1 rings (SSSR count). The molecule has 1 aliphatic rings. The number of allylic oxidation sites excluding steroid dienone is 5. The Balaban J connectivity index is 2.77. The number of hydrogen-bond acceptors (Lipinski definition) is 0. The quantitative estimate of drug-likeness (QED) is 0.516. The summed E-state index contributed by atoms with van der Waals surface area (Å²) in [6.45, 7) is 5.80. The van der Waals surface area contributed by atoms with E-state index in [1.165, 1.54) is 30.4 Å². The van der Waals surface area contributed by atoms with E-state index in [4.69, 9.17) is 0 Å². The van der Waals surface area contributed by atoms with E-state index in [9.17, 15) is 0 Å². The van der Waals surface area contributed by atoms with Crippen molar-refractivity contribution >= 4 is 0 Å². The van der Waals surface area contributed by atoms with Crippen LogP contribution in [-0.2, 0) is 0 Å². The number of hydrogen-bond donors (Lipinski definition) is 0. The average molecular weight is 134 g/mol. The molecule has 0 atom stereocenters. The second-order valence-corrected chi connectivity index (χ2v) is 2.60. The van der Waals surface area contributed by atoms with E-state index in [-0.39, 0.29) is 0 Å². The molecular formula is C10H14. The maximum atomic E-state index is 3.69. The van der Waals surface area contributed by atoms with Crippen molar-refractivity contribution in [1.82, 2.24) is 0 Å². The monoisotopic (exact) mass is 134 g/mol. The van der Waals surface area contributed by atoms with Gasteiger partial charge in [0, 0.05) is 0 Å². The minimum atomic E-state index is 1.24. The molecule has 10 heavy (non-hydrogen) atoms. The van der Waals surface area contributed by atoms with E-state index in [0.29, 0.717) is 0 Å². The Hall–Kier alpha value is -0.780. The Morgan fingerprint density at radius 3 is 2.60 bits per heavy atom. The van der Waals surface area contributed by atoms with Crippen molar-refractivity contribution in [2.24, 2.45) is 0 Å². The highest BCUT2D eigenvalue weighted by molar-refractivity contribution is 5.36. The lowest BCUT2D eigenvalue weighted by Gasteiger charge is -1.95. The third kappa shape index (κ3) is 1.38. The molecule has 0 unspecified atom stereocenters. The Morgan fingerprint density at radius 2 is 2.00 bits per heavy atom. The van der Waals surface area contributed by atoms with Crippen LogP contribution in [0.1, 0.15) is 26.2 Å². The molecule has 0 saturated heterocycles. The van der Waals surface area contributed by atoms with Crippen molar-refractivity contribution < 1.29 is 0 Å². The SMILES string of the molecule is C=C/C=C1/CCC/C1=C/C. The van der Waals surface area contributed by atoms with Crippen molar-refractivity contribution in [3.63, 3.8) is 0 Å². The van der Waals surface area contributed by atoms with E-state index in [2.05, 4.69) is 25.7 Å². The lowest BCUT2D eigenvalue weighted by atomic mass is 10.1. The smallest absolute Gasteiger partial charge is 0.0273 e. The van der Waals surface area contributed by atoms with E-state index in [1.807, 2.05) is 6.08 Å². The molecule has 0 aliphatic heterocycles. The van der Waals surface area contributed by atoms with Crippen molar-refractivity contribution in [1.29, 1.82) is 0 Å². The molecule has 0 nitrogen and oxygen atoms in total. The van der Waals surface area contributed by atoms with Crippen LogP contribution < -0.4 is 0 Å². The van der Waals surface area contributed by atoms with Gasteiger partial charge < -0.3 is 0 Å². The van der Waals surface area contributed by atoms with Gasteiger partial charge in [-0.15, -0.1) is 0 Å². The molecule has 0 amide bonds. The summed E-state index contributed by atoms with van der Waals surface area (Å²) in [5.74, 6) is 0. The van der Waals surface area contributed by atoms with Crippen molar-refractivity contribution in [3.05, 3.63) is 36.0 Å². The van der Waals surface area contributed by atoms with Crippen LogP contribution in [0, 0.1) is 0 Å². The molecule has 0 N–H and O–H groups in total. The van der Waals surface area contributed by atoms with E-state index in [0.717, 1.165) is 0 Å². The third-order valence-electron chi connectivity index (χ3n) is 1.97. The van der Waals surface area contributed by atoms with Crippen LogP contribution in [0.3, 0.4) is 0 Å². The lowest BCUT2D eigenvalue weighted by molar-refractivity contribution is 0.932. The average Bonchev–Trinajstić information content (AvgIpc) is 2.36. The van der Waals surface area contributed by atoms with Crippen LogP contribution in [0.2, 0.25) is 0 Å². The highest BCUT2D eigenvalue weighted by atomic mass is 14.2. The first-order valence-corrected chi connectivity index (χ1v) is 3.85. The molecule has 0 radical (unpaired) electrons. The maximum Gasteiger partial charge on any atom is -0.0273 e. The fourth-order valence-corrected chi connectivity index (χ4v) is 1.45. The molecule has 1 fully saturated rings. The number of rotatable bonds is 1. The zero-order valence-electron chi connectivity index (χ0n) is 6.56. The fraction of sp³-hybridized carbons (Fsp3) is 0.400.